The van der Waals surface area contributed by atoms with Gasteiger partial charge in [0.25, 0.3) is 0 Å². The molecular formula is C11H16O4. The fourth-order valence-electron chi connectivity index (χ4n) is 1.56. The summed E-state index contributed by atoms with van der Waals surface area (Å²) in [5, 5.41) is 8.88. The van der Waals surface area contributed by atoms with E-state index in [4.69, 9.17) is 14.6 Å². The molecule has 0 bridgehead atoms. The van der Waals surface area contributed by atoms with Crippen LogP contribution in [0.3, 0.4) is 0 Å². The van der Waals surface area contributed by atoms with Crippen LogP contribution < -0.4 is 0 Å². The molecule has 0 radical (unpaired) electrons. The number of carbonyl (C=O) groups is 1. The van der Waals surface area contributed by atoms with E-state index in [1.807, 2.05) is 13.8 Å². The van der Waals surface area contributed by atoms with E-state index in [0.29, 0.717) is 19.6 Å². The highest BCUT2D eigenvalue weighted by Crippen LogP contribution is 2.27. The van der Waals surface area contributed by atoms with Crippen LogP contribution in [0.1, 0.15) is 20.3 Å². The molecule has 0 aromatic carbocycles. The summed E-state index contributed by atoms with van der Waals surface area (Å²) >= 11 is 0. The molecule has 0 amide bonds. The molecule has 0 aliphatic heterocycles. The summed E-state index contributed by atoms with van der Waals surface area (Å²) in [5.41, 5.74) is 0.211. The number of hydrogen-bond donors (Lipinski definition) is 1. The first-order chi connectivity index (χ1) is 7.13. The maximum atomic E-state index is 10.8. The highest BCUT2D eigenvalue weighted by Gasteiger charge is 2.31. The Kier molecular flexibility index (Phi) is 4.05. The SMILES string of the molecule is CCOC1(OCC)C=C(C(=O)O)C=CC1. The summed E-state index contributed by atoms with van der Waals surface area (Å²) in [6.07, 6.45) is 5.40. The third kappa shape index (κ3) is 2.91. The van der Waals surface area contributed by atoms with E-state index in [-0.39, 0.29) is 5.57 Å². The number of aliphatic carboxylic acids is 1. The third-order valence-electron chi connectivity index (χ3n) is 2.10. The summed E-state index contributed by atoms with van der Waals surface area (Å²) in [6, 6.07) is 0. The molecule has 0 aromatic rings. The Hall–Kier alpha value is -1.13. The van der Waals surface area contributed by atoms with Crippen LogP contribution in [0.2, 0.25) is 0 Å². The van der Waals surface area contributed by atoms with Gasteiger partial charge in [-0.25, -0.2) is 4.79 Å². The van der Waals surface area contributed by atoms with Gasteiger partial charge in [-0.2, -0.15) is 0 Å². The number of ether oxygens (including phenoxy) is 2. The second-order valence-electron chi connectivity index (χ2n) is 3.19. The van der Waals surface area contributed by atoms with Crippen molar-refractivity contribution in [3.8, 4) is 0 Å². The van der Waals surface area contributed by atoms with Crippen molar-refractivity contribution in [3.63, 3.8) is 0 Å². The zero-order chi connectivity index (χ0) is 11.3. The Morgan fingerprint density at radius 2 is 2.07 bits per heavy atom. The summed E-state index contributed by atoms with van der Waals surface area (Å²) in [5.74, 6) is -1.86. The van der Waals surface area contributed by atoms with Crippen LogP contribution in [0.4, 0.5) is 0 Å². The largest absolute Gasteiger partial charge is 0.478 e. The highest BCUT2D eigenvalue weighted by atomic mass is 16.7. The molecule has 1 aliphatic rings. The van der Waals surface area contributed by atoms with Crippen molar-refractivity contribution in [1.82, 2.24) is 0 Å². The number of hydrogen-bond acceptors (Lipinski definition) is 3. The van der Waals surface area contributed by atoms with Crippen molar-refractivity contribution in [2.24, 2.45) is 0 Å². The predicted octanol–water partition coefficient (Wildman–Crippen LogP) is 1.73. The average Bonchev–Trinajstić information content (AvgIpc) is 2.18. The van der Waals surface area contributed by atoms with Crippen molar-refractivity contribution < 1.29 is 19.4 Å². The first-order valence-electron chi connectivity index (χ1n) is 5.04. The minimum Gasteiger partial charge on any atom is -0.478 e. The van der Waals surface area contributed by atoms with E-state index in [9.17, 15) is 4.79 Å². The molecule has 0 fully saturated rings. The van der Waals surface area contributed by atoms with Crippen molar-refractivity contribution in [2.45, 2.75) is 26.1 Å². The minimum absolute atomic E-state index is 0.211. The van der Waals surface area contributed by atoms with Crippen molar-refractivity contribution in [2.75, 3.05) is 13.2 Å². The summed E-state index contributed by atoms with van der Waals surface area (Å²) in [7, 11) is 0. The highest BCUT2D eigenvalue weighted by molar-refractivity contribution is 5.90. The molecule has 0 saturated heterocycles. The Bertz CT molecular complexity index is 285. The van der Waals surface area contributed by atoms with E-state index in [1.165, 1.54) is 6.08 Å². The topological polar surface area (TPSA) is 55.8 Å². The van der Waals surface area contributed by atoms with E-state index in [1.54, 1.807) is 12.2 Å². The molecule has 0 spiro atoms. The fraction of sp³-hybridized carbons (Fsp3) is 0.545. The van der Waals surface area contributed by atoms with Gasteiger partial charge in [-0.15, -0.1) is 0 Å². The number of carboxylic acids is 1. The lowest BCUT2D eigenvalue weighted by atomic mass is 10.0. The van der Waals surface area contributed by atoms with Gasteiger partial charge in [0.2, 0.25) is 0 Å². The van der Waals surface area contributed by atoms with Gasteiger partial charge in [-0.1, -0.05) is 12.2 Å². The van der Waals surface area contributed by atoms with Crippen LogP contribution in [0.5, 0.6) is 0 Å². The Balaban J connectivity index is 2.89. The van der Waals surface area contributed by atoms with Gasteiger partial charge in [-0.3, -0.25) is 0 Å². The van der Waals surface area contributed by atoms with Crippen LogP contribution in [-0.2, 0) is 14.3 Å². The molecule has 4 nitrogen and oxygen atoms in total. The van der Waals surface area contributed by atoms with E-state index < -0.39 is 11.8 Å². The molecule has 0 heterocycles. The Morgan fingerprint density at radius 3 is 2.53 bits per heavy atom. The van der Waals surface area contributed by atoms with Crippen LogP contribution in [0.25, 0.3) is 0 Å². The van der Waals surface area contributed by atoms with Gasteiger partial charge in [0, 0.05) is 19.6 Å². The van der Waals surface area contributed by atoms with Crippen LogP contribution in [0.15, 0.2) is 23.8 Å². The Labute approximate surface area is 89.2 Å². The van der Waals surface area contributed by atoms with Gasteiger partial charge in [0.1, 0.15) is 0 Å². The van der Waals surface area contributed by atoms with Crippen molar-refractivity contribution in [1.29, 1.82) is 0 Å². The molecule has 84 valence electrons. The van der Waals surface area contributed by atoms with Crippen LogP contribution in [0, 0.1) is 0 Å². The molecular weight excluding hydrogens is 196 g/mol. The zero-order valence-electron chi connectivity index (χ0n) is 9.03. The number of carboxylic acid groups (broad SMARTS) is 1. The predicted molar refractivity (Wildman–Crippen MR) is 55.5 cm³/mol. The van der Waals surface area contributed by atoms with Crippen molar-refractivity contribution >= 4 is 5.97 Å². The van der Waals surface area contributed by atoms with Gasteiger partial charge in [-0.05, 0) is 19.9 Å². The molecule has 0 atom stereocenters. The summed E-state index contributed by atoms with van der Waals surface area (Å²) in [4.78, 5) is 10.8. The van der Waals surface area contributed by atoms with Crippen LogP contribution >= 0.6 is 0 Å². The lowest BCUT2D eigenvalue weighted by molar-refractivity contribution is -0.198. The molecule has 0 unspecified atom stereocenters. The van der Waals surface area contributed by atoms with E-state index >= 15 is 0 Å². The normalized spacial score (nSPS) is 18.7. The first kappa shape index (κ1) is 11.9. The molecule has 0 saturated carbocycles. The maximum Gasteiger partial charge on any atom is 0.335 e. The second-order valence-corrected chi connectivity index (χ2v) is 3.19. The lowest BCUT2D eigenvalue weighted by Gasteiger charge is -2.31. The monoisotopic (exact) mass is 212 g/mol. The quantitative estimate of drug-likeness (QED) is 0.705. The zero-order valence-corrected chi connectivity index (χ0v) is 9.03. The van der Waals surface area contributed by atoms with Gasteiger partial charge < -0.3 is 14.6 Å². The minimum atomic E-state index is -0.963. The molecule has 4 heteroatoms. The third-order valence-corrected chi connectivity index (χ3v) is 2.10. The molecule has 1 rings (SSSR count). The lowest BCUT2D eigenvalue weighted by Crippen LogP contribution is -2.35. The summed E-state index contributed by atoms with van der Waals surface area (Å²) in [6.45, 7) is 4.68. The van der Waals surface area contributed by atoms with Gasteiger partial charge in [0.15, 0.2) is 5.79 Å². The first-order valence-corrected chi connectivity index (χ1v) is 5.04. The smallest absolute Gasteiger partial charge is 0.335 e. The summed E-state index contributed by atoms with van der Waals surface area (Å²) < 4.78 is 11.0. The molecule has 0 aromatic heterocycles. The molecule has 1 N–H and O–H groups in total. The van der Waals surface area contributed by atoms with Crippen molar-refractivity contribution in [3.05, 3.63) is 23.8 Å². The molecule has 15 heavy (non-hydrogen) atoms. The molecule has 1 aliphatic carbocycles. The second kappa shape index (κ2) is 5.09. The fourth-order valence-corrected chi connectivity index (χ4v) is 1.56. The standard InChI is InChI=1S/C11H16O4/c1-3-14-11(15-4-2)7-5-6-9(8-11)10(12)13/h5-6,8H,3-4,7H2,1-2H3,(H,12,13). The van der Waals surface area contributed by atoms with Crippen LogP contribution in [-0.4, -0.2) is 30.1 Å². The number of rotatable bonds is 5. The average molecular weight is 212 g/mol. The Morgan fingerprint density at radius 1 is 1.47 bits per heavy atom. The maximum absolute atomic E-state index is 10.8. The van der Waals surface area contributed by atoms with Gasteiger partial charge in [0.05, 0.1) is 5.57 Å². The van der Waals surface area contributed by atoms with E-state index in [2.05, 4.69) is 0 Å². The van der Waals surface area contributed by atoms with E-state index in [0.717, 1.165) is 0 Å². The van der Waals surface area contributed by atoms with Gasteiger partial charge >= 0.3 is 5.97 Å².